The summed E-state index contributed by atoms with van der Waals surface area (Å²) in [5.74, 6) is 0.638. The van der Waals surface area contributed by atoms with Gasteiger partial charge in [-0.3, -0.25) is 9.59 Å². The van der Waals surface area contributed by atoms with Gasteiger partial charge in [-0.1, -0.05) is 11.6 Å². The van der Waals surface area contributed by atoms with Gasteiger partial charge < -0.3 is 24.8 Å². The molecular weight excluding hydrogens is 440 g/mol. The SMILES string of the molecule is O=C(Nc1ccc2c(c1)N(CC(=O)N1CCCCC1)CCCO2)c1cc2cc(Cl)ccc2[nH]1. The van der Waals surface area contributed by atoms with E-state index in [1.54, 1.807) is 12.1 Å². The van der Waals surface area contributed by atoms with Crippen molar-refractivity contribution in [2.24, 2.45) is 0 Å². The van der Waals surface area contributed by atoms with Crippen molar-refractivity contribution in [2.45, 2.75) is 25.7 Å². The third kappa shape index (κ3) is 4.78. The first-order valence-corrected chi connectivity index (χ1v) is 11.8. The van der Waals surface area contributed by atoms with E-state index in [0.717, 1.165) is 61.2 Å². The largest absolute Gasteiger partial charge is 0.491 e. The summed E-state index contributed by atoms with van der Waals surface area (Å²) < 4.78 is 5.90. The van der Waals surface area contributed by atoms with Crippen LogP contribution < -0.4 is 15.0 Å². The first kappa shape index (κ1) is 21.6. The van der Waals surface area contributed by atoms with E-state index < -0.39 is 0 Å². The minimum atomic E-state index is -0.243. The molecule has 2 amide bonds. The normalized spacial score (nSPS) is 16.2. The fraction of sp³-hybridized carbons (Fsp3) is 0.360. The Balaban J connectivity index is 1.35. The number of aromatic amines is 1. The quantitative estimate of drug-likeness (QED) is 0.585. The number of hydrogen-bond acceptors (Lipinski definition) is 4. The zero-order valence-corrected chi connectivity index (χ0v) is 19.2. The Morgan fingerprint density at radius 3 is 2.70 bits per heavy atom. The zero-order valence-electron chi connectivity index (χ0n) is 18.4. The number of carbonyl (C=O) groups is 2. The van der Waals surface area contributed by atoms with Crippen LogP contribution in [0.3, 0.4) is 0 Å². The molecule has 33 heavy (non-hydrogen) atoms. The number of halogens is 1. The minimum Gasteiger partial charge on any atom is -0.491 e. The Hall–Kier alpha value is -3.19. The van der Waals surface area contributed by atoms with Crippen LogP contribution >= 0.6 is 11.6 Å². The Bertz CT molecular complexity index is 1190. The molecule has 0 bridgehead atoms. The van der Waals surface area contributed by atoms with Crippen LogP contribution in [0.1, 0.15) is 36.2 Å². The highest BCUT2D eigenvalue weighted by molar-refractivity contribution is 6.31. The summed E-state index contributed by atoms with van der Waals surface area (Å²) in [6.45, 7) is 3.32. The molecule has 2 aromatic carbocycles. The summed E-state index contributed by atoms with van der Waals surface area (Å²) in [7, 11) is 0. The van der Waals surface area contributed by atoms with Gasteiger partial charge in [0.1, 0.15) is 11.4 Å². The number of rotatable bonds is 4. The summed E-state index contributed by atoms with van der Waals surface area (Å²) in [6.07, 6.45) is 4.17. The maximum absolute atomic E-state index is 12.9. The molecule has 0 aliphatic carbocycles. The van der Waals surface area contributed by atoms with Crippen molar-refractivity contribution < 1.29 is 14.3 Å². The lowest BCUT2D eigenvalue weighted by Gasteiger charge is -2.30. The molecule has 2 aliphatic heterocycles. The second-order valence-corrected chi connectivity index (χ2v) is 9.05. The van der Waals surface area contributed by atoms with Gasteiger partial charge in [-0.15, -0.1) is 0 Å². The molecule has 1 fully saturated rings. The number of anilines is 2. The van der Waals surface area contributed by atoms with E-state index in [9.17, 15) is 9.59 Å². The van der Waals surface area contributed by atoms with Crippen molar-refractivity contribution in [1.29, 1.82) is 0 Å². The summed E-state index contributed by atoms with van der Waals surface area (Å²) in [6, 6.07) is 12.8. The molecule has 0 atom stereocenters. The number of nitrogens with zero attached hydrogens (tertiary/aromatic N) is 2. The number of piperidine rings is 1. The number of H-pyrrole nitrogens is 1. The van der Waals surface area contributed by atoms with Crippen LogP contribution in [0, 0.1) is 0 Å². The predicted molar refractivity (Wildman–Crippen MR) is 130 cm³/mol. The molecule has 172 valence electrons. The maximum Gasteiger partial charge on any atom is 0.272 e. The number of aromatic nitrogens is 1. The average molecular weight is 467 g/mol. The minimum absolute atomic E-state index is 0.147. The number of benzene rings is 2. The molecule has 2 N–H and O–H groups in total. The molecule has 0 spiro atoms. The molecule has 1 saturated heterocycles. The van der Waals surface area contributed by atoms with Gasteiger partial charge in [-0.25, -0.2) is 0 Å². The summed E-state index contributed by atoms with van der Waals surface area (Å²) in [5.41, 5.74) is 2.79. The van der Waals surface area contributed by atoms with Gasteiger partial charge in [-0.2, -0.15) is 0 Å². The van der Waals surface area contributed by atoms with Crippen LogP contribution in [-0.4, -0.2) is 54.5 Å². The summed E-state index contributed by atoms with van der Waals surface area (Å²) in [5, 5.41) is 4.46. The number of fused-ring (bicyclic) bond motifs is 2. The van der Waals surface area contributed by atoms with Gasteiger partial charge in [-0.05, 0) is 68.1 Å². The summed E-state index contributed by atoms with van der Waals surface area (Å²) in [4.78, 5) is 33.0. The first-order chi connectivity index (χ1) is 16.1. The topological polar surface area (TPSA) is 77.7 Å². The van der Waals surface area contributed by atoms with E-state index in [4.69, 9.17) is 16.3 Å². The Kier molecular flexibility index (Phi) is 6.13. The monoisotopic (exact) mass is 466 g/mol. The van der Waals surface area contributed by atoms with E-state index in [0.29, 0.717) is 29.6 Å². The van der Waals surface area contributed by atoms with Gasteiger partial charge in [0, 0.05) is 41.2 Å². The second-order valence-electron chi connectivity index (χ2n) is 8.62. The molecule has 3 aromatic rings. The van der Waals surface area contributed by atoms with E-state index in [-0.39, 0.29) is 11.8 Å². The second kappa shape index (κ2) is 9.35. The van der Waals surface area contributed by atoms with Crippen LogP contribution in [0.2, 0.25) is 5.02 Å². The number of amides is 2. The number of hydrogen-bond donors (Lipinski definition) is 2. The van der Waals surface area contributed by atoms with E-state index in [1.165, 1.54) is 6.42 Å². The van der Waals surface area contributed by atoms with Crippen molar-refractivity contribution in [3.63, 3.8) is 0 Å². The Labute approximate surface area is 197 Å². The Morgan fingerprint density at radius 2 is 1.85 bits per heavy atom. The van der Waals surface area contributed by atoms with Gasteiger partial charge in [0.2, 0.25) is 5.91 Å². The van der Waals surface area contributed by atoms with Crippen LogP contribution in [0.15, 0.2) is 42.5 Å². The maximum atomic E-state index is 12.9. The highest BCUT2D eigenvalue weighted by Gasteiger charge is 2.23. The molecule has 3 heterocycles. The molecule has 8 heteroatoms. The molecule has 1 aromatic heterocycles. The van der Waals surface area contributed by atoms with Crippen molar-refractivity contribution in [2.75, 3.05) is 43.0 Å². The van der Waals surface area contributed by atoms with Gasteiger partial charge >= 0.3 is 0 Å². The molecular formula is C25H27ClN4O3. The van der Waals surface area contributed by atoms with Crippen LogP contribution in [0.5, 0.6) is 5.75 Å². The number of likely N-dealkylation sites (tertiary alicyclic amines) is 1. The smallest absolute Gasteiger partial charge is 0.272 e. The van der Waals surface area contributed by atoms with Gasteiger partial charge in [0.15, 0.2) is 0 Å². The van der Waals surface area contributed by atoms with Crippen molar-refractivity contribution in [3.8, 4) is 5.75 Å². The van der Waals surface area contributed by atoms with Crippen molar-refractivity contribution in [3.05, 3.63) is 53.2 Å². The lowest BCUT2D eigenvalue weighted by molar-refractivity contribution is -0.130. The summed E-state index contributed by atoms with van der Waals surface area (Å²) >= 11 is 6.06. The predicted octanol–water partition coefficient (Wildman–Crippen LogP) is 4.68. The lowest BCUT2D eigenvalue weighted by Crippen LogP contribution is -2.43. The molecule has 5 rings (SSSR count). The van der Waals surface area contributed by atoms with E-state index in [1.807, 2.05) is 35.2 Å². The first-order valence-electron chi connectivity index (χ1n) is 11.5. The van der Waals surface area contributed by atoms with E-state index >= 15 is 0 Å². The molecule has 0 unspecified atom stereocenters. The lowest BCUT2D eigenvalue weighted by atomic mass is 10.1. The molecule has 2 aliphatic rings. The highest BCUT2D eigenvalue weighted by Crippen LogP contribution is 2.34. The Morgan fingerprint density at radius 1 is 1.00 bits per heavy atom. The van der Waals surface area contributed by atoms with Crippen LogP contribution in [-0.2, 0) is 4.79 Å². The number of carbonyl (C=O) groups excluding carboxylic acids is 2. The molecule has 0 radical (unpaired) electrons. The third-order valence-electron chi connectivity index (χ3n) is 6.25. The number of nitrogens with one attached hydrogen (secondary N) is 2. The van der Waals surface area contributed by atoms with Gasteiger partial charge in [0.05, 0.1) is 18.8 Å². The van der Waals surface area contributed by atoms with Crippen molar-refractivity contribution in [1.82, 2.24) is 9.88 Å². The molecule has 0 saturated carbocycles. The fourth-order valence-electron chi connectivity index (χ4n) is 4.52. The highest BCUT2D eigenvalue weighted by atomic mass is 35.5. The zero-order chi connectivity index (χ0) is 22.8. The van der Waals surface area contributed by atoms with Crippen LogP contribution in [0.4, 0.5) is 11.4 Å². The average Bonchev–Trinajstić information content (AvgIpc) is 3.15. The van der Waals surface area contributed by atoms with E-state index in [2.05, 4.69) is 15.2 Å². The standard InChI is InChI=1S/C25H27ClN4O3/c26-18-5-7-20-17(13-18)14-21(28-20)25(32)27-19-6-8-23-22(15-19)30(11-4-12-33-23)16-24(31)29-9-2-1-3-10-29/h5-8,13-15,28H,1-4,9-12,16H2,(H,27,32). The number of ether oxygens (including phenoxy) is 1. The van der Waals surface area contributed by atoms with Gasteiger partial charge in [0.25, 0.3) is 5.91 Å². The van der Waals surface area contributed by atoms with Crippen molar-refractivity contribution >= 4 is 45.7 Å². The third-order valence-corrected chi connectivity index (χ3v) is 6.48. The molecule has 7 nitrogen and oxygen atoms in total. The fourth-order valence-corrected chi connectivity index (χ4v) is 4.70. The van der Waals surface area contributed by atoms with Crippen LogP contribution in [0.25, 0.3) is 10.9 Å².